The van der Waals surface area contributed by atoms with Gasteiger partial charge in [-0.3, -0.25) is 4.99 Å². The Labute approximate surface area is 128 Å². The molecule has 0 heterocycles. The Morgan fingerprint density at radius 3 is 2.79 bits per heavy atom. The van der Waals surface area contributed by atoms with E-state index < -0.39 is 11.6 Å². The average molecular weight is 385 g/mol. The molecule has 0 bridgehead atoms. The van der Waals surface area contributed by atoms with E-state index in [1.807, 2.05) is 0 Å². The molecule has 7 heteroatoms. The van der Waals surface area contributed by atoms with E-state index in [2.05, 4.69) is 10.3 Å². The van der Waals surface area contributed by atoms with E-state index in [1.54, 1.807) is 7.11 Å². The number of nitrogens with two attached hydrogens (primary N) is 1. The van der Waals surface area contributed by atoms with Crippen molar-refractivity contribution in [2.75, 3.05) is 26.8 Å². The van der Waals surface area contributed by atoms with Crippen molar-refractivity contribution >= 4 is 29.9 Å². The molecule has 0 radical (unpaired) electrons. The first kappa shape index (κ1) is 18.0. The van der Waals surface area contributed by atoms with Crippen molar-refractivity contribution < 1.29 is 13.5 Å². The Balaban J connectivity index is 0.00000324. The first-order chi connectivity index (χ1) is 8.63. The molecule has 0 saturated carbocycles. The number of nitrogens with zero attached hydrogens (tertiary/aromatic N) is 1. The van der Waals surface area contributed by atoms with Crippen molar-refractivity contribution in [3.05, 3.63) is 35.4 Å². The molecule has 0 aromatic heterocycles. The normalized spacial score (nSPS) is 11.0. The van der Waals surface area contributed by atoms with Gasteiger partial charge in [-0.15, -0.1) is 24.0 Å². The molecule has 0 unspecified atom stereocenters. The molecule has 1 aromatic rings. The van der Waals surface area contributed by atoms with Gasteiger partial charge in [-0.2, -0.15) is 0 Å². The van der Waals surface area contributed by atoms with E-state index >= 15 is 0 Å². The molecule has 0 aliphatic heterocycles. The van der Waals surface area contributed by atoms with E-state index in [1.165, 1.54) is 12.1 Å². The molecule has 0 aliphatic rings. The van der Waals surface area contributed by atoms with Crippen LogP contribution < -0.4 is 11.1 Å². The summed E-state index contributed by atoms with van der Waals surface area (Å²) >= 11 is 0. The maximum absolute atomic E-state index is 13.3. The van der Waals surface area contributed by atoms with Crippen LogP contribution in [-0.2, 0) is 11.2 Å². The van der Waals surface area contributed by atoms with E-state index in [0.29, 0.717) is 31.7 Å². The molecule has 1 aromatic carbocycles. The molecule has 3 N–H and O–H groups in total. The van der Waals surface area contributed by atoms with E-state index in [9.17, 15) is 8.78 Å². The van der Waals surface area contributed by atoms with Crippen LogP contribution in [0.5, 0.6) is 0 Å². The molecular formula is C12H18F2IN3O. The van der Waals surface area contributed by atoms with Gasteiger partial charge in [-0.1, -0.05) is 6.07 Å². The summed E-state index contributed by atoms with van der Waals surface area (Å²) in [6, 6.07) is 3.52. The molecule has 1 rings (SSSR count). The molecule has 0 amide bonds. The second-order valence-electron chi connectivity index (χ2n) is 3.67. The van der Waals surface area contributed by atoms with Crippen LogP contribution in [0.2, 0.25) is 0 Å². The lowest BCUT2D eigenvalue weighted by Crippen LogP contribution is -2.33. The lowest BCUT2D eigenvalue weighted by Gasteiger charge is -2.06. The minimum absolute atomic E-state index is 0. The predicted molar refractivity (Wildman–Crippen MR) is 81.8 cm³/mol. The fraction of sp³-hybridized carbons (Fsp3) is 0.417. The lowest BCUT2D eigenvalue weighted by molar-refractivity contribution is 0.208. The summed E-state index contributed by atoms with van der Waals surface area (Å²) in [6.45, 7) is 1.40. The molecule has 4 nitrogen and oxygen atoms in total. The smallest absolute Gasteiger partial charge is 0.188 e. The number of nitrogens with one attached hydrogen (secondary N) is 1. The third kappa shape index (κ3) is 7.26. The minimum Gasteiger partial charge on any atom is -0.383 e. The number of hydrogen-bond donors (Lipinski definition) is 2. The van der Waals surface area contributed by atoms with Crippen molar-refractivity contribution in [1.29, 1.82) is 0 Å². The predicted octanol–water partition coefficient (Wildman–Crippen LogP) is 1.68. The maximum Gasteiger partial charge on any atom is 0.188 e. The molecule has 0 atom stereocenters. The number of aliphatic imine (C=N–C) groups is 1. The Kier molecular flexibility index (Phi) is 9.40. The summed E-state index contributed by atoms with van der Waals surface area (Å²) in [4.78, 5) is 3.99. The highest BCUT2D eigenvalue weighted by molar-refractivity contribution is 14.0. The molecule has 19 heavy (non-hydrogen) atoms. The summed E-state index contributed by atoms with van der Waals surface area (Å²) in [6.07, 6.45) is 0.409. The zero-order chi connectivity index (χ0) is 13.4. The topological polar surface area (TPSA) is 59.6 Å². The summed E-state index contributed by atoms with van der Waals surface area (Å²) in [5.41, 5.74) is 6.01. The standard InChI is InChI=1S/C12H17F2N3O.HI/c1-18-7-6-17-12(15)16-5-4-9-2-3-10(13)8-11(9)14;/h2-3,8H,4-7H2,1H3,(H3,15,16,17);1H. The Morgan fingerprint density at radius 2 is 2.16 bits per heavy atom. The number of guanidine groups is 1. The van der Waals surface area contributed by atoms with Crippen LogP contribution in [0, 0.1) is 11.6 Å². The van der Waals surface area contributed by atoms with Crippen molar-refractivity contribution in [2.45, 2.75) is 6.42 Å². The van der Waals surface area contributed by atoms with Crippen molar-refractivity contribution in [1.82, 2.24) is 5.32 Å². The molecule has 0 spiro atoms. The average Bonchev–Trinajstić information content (AvgIpc) is 2.32. The molecule has 108 valence electrons. The molecular weight excluding hydrogens is 367 g/mol. The van der Waals surface area contributed by atoms with Gasteiger partial charge in [0.2, 0.25) is 0 Å². The monoisotopic (exact) mass is 385 g/mol. The largest absolute Gasteiger partial charge is 0.383 e. The Hall–Kier alpha value is -0.960. The van der Waals surface area contributed by atoms with E-state index in [0.717, 1.165) is 6.07 Å². The second-order valence-corrected chi connectivity index (χ2v) is 3.67. The number of benzene rings is 1. The Bertz CT molecular complexity index is 416. The minimum atomic E-state index is -0.579. The van der Waals surface area contributed by atoms with Gasteiger partial charge in [0.25, 0.3) is 0 Å². The van der Waals surface area contributed by atoms with Gasteiger partial charge in [-0.25, -0.2) is 8.78 Å². The molecule has 0 saturated heterocycles. The molecule has 0 fully saturated rings. The highest BCUT2D eigenvalue weighted by Crippen LogP contribution is 2.09. The van der Waals surface area contributed by atoms with Crippen LogP contribution in [0.15, 0.2) is 23.2 Å². The highest BCUT2D eigenvalue weighted by atomic mass is 127. The lowest BCUT2D eigenvalue weighted by atomic mass is 10.1. The summed E-state index contributed by atoms with van der Waals surface area (Å²) in [5.74, 6) is -0.842. The number of methoxy groups -OCH3 is 1. The van der Waals surface area contributed by atoms with Crippen LogP contribution in [0.25, 0.3) is 0 Å². The second kappa shape index (κ2) is 9.90. The van der Waals surface area contributed by atoms with Crippen LogP contribution in [0.1, 0.15) is 5.56 Å². The van der Waals surface area contributed by atoms with Crippen LogP contribution in [0.4, 0.5) is 8.78 Å². The van der Waals surface area contributed by atoms with Crippen molar-refractivity contribution in [3.8, 4) is 0 Å². The van der Waals surface area contributed by atoms with Crippen molar-refractivity contribution in [3.63, 3.8) is 0 Å². The number of ether oxygens (including phenoxy) is 1. The fourth-order valence-electron chi connectivity index (χ4n) is 1.36. The number of rotatable bonds is 6. The van der Waals surface area contributed by atoms with Crippen LogP contribution in [-0.4, -0.2) is 32.8 Å². The molecule has 0 aliphatic carbocycles. The highest BCUT2D eigenvalue weighted by Gasteiger charge is 2.03. The van der Waals surface area contributed by atoms with E-state index in [4.69, 9.17) is 10.5 Å². The fourth-order valence-corrected chi connectivity index (χ4v) is 1.36. The maximum atomic E-state index is 13.3. The van der Waals surface area contributed by atoms with E-state index in [-0.39, 0.29) is 29.9 Å². The van der Waals surface area contributed by atoms with Gasteiger partial charge >= 0.3 is 0 Å². The van der Waals surface area contributed by atoms with Gasteiger partial charge in [0, 0.05) is 19.7 Å². The van der Waals surface area contributed by atoms with Gasteiger partial charge in [0.15, 0.2) is 5.96 Å². The zero-order valence-electron chi connectivity index (χ0n) is 10.7. The summed E-state index contributed by atoms with van der Waals surface area (Å²) in [7, 11) is 1.58. The number of halogens is 3. The SMILES string of the molecule is COCCN=C(N)NCCc1ccc(F)cc1F.I. The van der Waals surface area contributed by atoms with Crippen LogP contribution in [0.3, 0.4) is 0 Å². The van der Waals surface area contributed by atoms with Gasteiger partial charge < -0.3 is 15.8 Å². The third-order valence-electron chi connectivity index (χ3n) is 2.29. The summed E-state index contributed by atoms with van der Waals surface area (Å²) in [5, 5.41) is 2.84. The van der Waals surface area contributed by atoms with Crippen molar-refractivity contribution in [2.24, 2.45) is 10.7 Å². The van der Waals surface area contributed by atoms with Gasteiger partial charge in [0.05, 0.1) is 13.2 Å². The van der Waals surface area contributed by atoms with Crippen LogP contribution >= 0.6 is 24.0 Å². The Morgan fingerprint density at radius 1 is 1.42 bits per heavy atom. The van der Waals surface area contributed by atoms with Gasteiger partial charge in [0.1, 0.15) is 11.6 Å². The summed E-state index contributed by atoms with van der Waals surface area (Å²) < 4.78 is 30.8. The number of hydrogen-bond acceptors (Lipinski definition) is 2. The first-order valence-corrected chi connectivity index (χ1v) is 5.60. The first-order valence-electron chi connectivity index (χ1n) is 5.60. The van der Waals surface area contributed by atoms with Gasteiger partial charge in [-0.05, 0) is 18.1 Å². The zero-order valence-corrected chi connectivity index (χ0v) is 13.0. The quantitative estimate of drug-likeness (QED) is 0.339. The third-order valence-corrected chi connectivity index (χ3v) is 2.29.